The summed E-state index contributed by atoms with van der Waals surface area (Å²) in [6, 6.07) is 13.8. The van der Waals surface area contributed by atoms with Gasteiger partial charge in [0.05, 0.1) is 6.54 Å². The van der Waals surface area contributed by atoms with Crippen LogP contribution in [0.4, 0.5) is 5.69 Å². The lowest BCUT2D eigenvalue weighted by Crippen LogP contribution is -2.25. The van der Waals surface area contributed by atoms with Crippen LogP contribution in [0.3, 0.4) is 0 Å². The zero-order chi connectivity index (χ0) is 14.7. The van der Waals surface area contributed by atoms with Gasteiger partial charge in [-0.3, -0.25) is 4.79 Å². The fraction of sp³-hybridized carbons (Fsp3) is 0.235. The number of Topliss-reactive ketones (excluding diaryl/α,β-unsaturated/α-hetero) is 1. The van der Waals surface area contributed by atoms with E-state index in [0.717, 1.165) is 15.7 Å². The van der Waals surface area contributed by atoms with Crippen molar-refractivity contribution >= 4 is 27.4 Å². The Kier molecular flexibility index (Phi) is 4.61. The molecule has 0 saturated carbocycles. The van der Waals surface area contributed by atoms with Crippen LogP contribution in [0, 0.1) is 13.8 Å². The summed E-state index contributed by atoms with van der Waals surface area (Å²) in [6.07, 6.45) is 0. The van der Waals surface area contributed by atoms with Gasteiger partial charge in [0.2, 0.25) is 0 Å². The third-order valence-corrected chi connectivity index (χ3v) is 3.72. The van der Waals surface area contributed by atoms with Crippen molar-refractivity contribution in [2.24, 2.45) is 0 Å². The van der Waals surface area contributed by atoms with Crippen LogP contribution in [0.2, 0.25) is 0 Å². The van der Waals surface area contributed by atoms with Crippen molar-refractivity contribution < 1.29 is 4.79 Å². The van der Waals surface area contributed by atoms with Crippen LogP contribution in [0.1, 0.15) is 21.5 Å². The van der Waals surface area contributed by atoms with Crippen molar-refractivity contribution in [1.82, 2.24) is 0 Å². The number of carbonyl (C=O) groups excluding carboxylic acids is 1. The molecule has 2 nitrogen and oxygen atoms in total. The largest absolute Gasteiger partial charge is 0.367 e. The molecule has 0 saturated heterocycles. The molecule has 2 aromatic carbocycles. The van der Waals surface area contributed by atoms with Gasteiger partial charge in [-0.2, -0.15) is 0 Å². The first-order valence-electron chi connectivity index (χ1n) is 6.54. The second-order valence-corrected chi connectivity index (χ2v) is 6.05. The van der Waals surface area contributed by atoms with Gasteiger partial charge in [0.25, 0.3) is 0 Å². The number of aryl methyl sites for hydroxylation is 2. The van der Waals surface area contributed by atoms with E-state index in [1.165, 1.54) is 11.1 Å². The summed E-state index contributed by atoms with van der Waals surface area (Å²) in [6.45, 7) is 4.52. The zero-order valence-corrected chi connectivity index (χ0v) is 13.6. The minimum atomic E-state index is 0.124. The summed E-state index contributed by atoms with van der Waals surface area (Å²) in [4.78, 5) is 14.2. The lowest BCUT2D eigenvalue weighted by atomic mass is 10.1. The van der Waals surface area contributed by atoms with Gasteiger partial charge in [-0.15, -0.1) is 0 Å². The molecule has 2 rings (SSSR count). The first-order valence-corrected chi connectivity index (χ1v) is 7.33. The van der Waals surface area contributed by atoms with Gasteiger partial charge in [-0.1, -0.05) is 34.1 Å². The first-order chi connectivity index (χ1) is 9.45. The van der Waals surface area contributed by atoms with Crippen molar-refractivity contribution in [2.75, 3.05) is 18.5 Å². The van der Waals surface area contributed by atoms with Gasteiger partial charge in [0.15, 0.2) is 5.78 Å². The lowest BCUT2D eigenvalue weighted by molar-refractivity contribution is 0.100. The molecule has 0 fully saturated rings. The molecule has 0 amide bonds. The molecular weight excluding hydrogens is 314 g/mol. The van der Waals surface area contributed by atoms with E-state index in [0.29, 0.717) is 6.54 Å². The Morgan fingerprint density at radius 3 is 2.15 bits per heavy atom. The number of hydrogen-bond donors (Lipinski definition) is 0. The molecule has 0 spiro atoms. The van der Waals surface area contributed by atoms with Crippen LogP contribution >= 0.6 is 15.9 Å². The van der Waals surface area contributed by atoms with Gasteiger partial charge in [0, 0.05) is 22.8 Å². The van der Waals surface area contributed by atoms with Crippen LogP contribution in [-0.2, 0) is 0 Å². The fourth-order valence-electron chi connectivity index (χ4n) is 2.20. The van der Waals surface area contributed by atoms with E-state index < -0.39 is 0 Å². The van der Waals surface area contributed by atoms with E-state index in [1.807, 2.05) is 36.2 Å². The average Bonchev–Trinajstić information content (AvgIpc) is 2.38. The summed E-state index contributed by atoms with van der Waals surface area (Å²) in [5, 5.41) is 0. The lowest BCUT2D eigenvalue weighted by Gasteiger charge is -2.19. The van der Waals surface area contributed by atoms with Gasteiger partial charge in [-0.05, 0) is 49.2 Å². The molecule has 0 bridgehead atoms. The second kappa shape index (κ2) is 6.23. The van der Waals surface area contributed by atoms with Crippen LogP contribution in [-0.4, -0.2) is 19.4 Å². The van der Waals surface area contributed by atoms with Crippen LogP contribution in [0.5, 0.6) is 0 Å². The van der Waals surface area contributed by atoms with Crippen molar-refractivity contribution in [2.45, 2.75) is 13.8 Å². The number of rotatable bonds is 4. The molecule has 0 aliphatic heterocycles. The zero-order valence-electron chi connectivity index (χ0n) is 12.0. The third kappa shape index (κ3) is 3.70. The Labute approximate surface area is 128 Å². The fourth-order valence-corrected chi connectivity index (χ4v) is 2.47. The minimum Gasteiger partial charge on any atom is -0.367 e. The SMILES string of the molecule is Cc1cc(C)cc(N(C)CC(=O)c2ccc(Br)cc2)c1. The Bertz CT molecular complexity index is 599. The predicted octanol–water partition coefficient (Wildman–Crippen LogP) is 4.39. The van der Waals surface area contributed by atoms with E-state index in [1.54, 1.807) is 0 Å². The number of nitrogens with zero attached hydrogens (tertiary/aromatic N) is 1. The predicted molar refractivity (Wildman–Crippen MR) is 87.7 cm³/mol. The molecule has 2 aromatic rings. The number of anilines is 1. The Morgan fingerprint density at radius 1 is 1.05 bits per heavy atom. The van der Waals surface area contributed by atoms with Crippen LogP contribution in [0.25, 0.3) is 0 Å². The van der Waals surface area contributed by atoms with E-state index >= 15 is 0 Å². The summed E-state index contributed by atoms with van der Waals surface area (Å²) in [5.74, 6) is 0.124. The number of ketones is 1. The molecule has 0 heterocycles. The topological polar surface area (TPSA) is 20.3 Å². The van der Waals surface area contributed by atoms with Crippen molar-refractivity contribution in [3.05, 3.63) is 63.6 Å². The maximum atomic E-state index is 12.3. The van der Waals surface area contributed by atoms with Crippen LogP contribution < -0.4 is 4.90 Å². The Hall–Kier alpha value is -1.61. The second-order valence-electron chi connectivity index (χ2n) is 5.13. The maximum absolute atomic E-state index is 12.3. The van der Waals surface area contributed by atoms with Crippen molar-refractivity contribution in [3.8, 4) is 0 Å². The summed E-state index contributed by atoms with van der Waals surface area (Å²) in [5.41, 5.74) is 4.24. The molecule has 0 aromatic heterocycles. The monoisotopic (exact) mass is 331 g/mol. The Morgan fingerprint density at radius 2 is 1.60 bits per heavy atom. The van der Waals surface area contributed by atoms with Gasteiger partial charge in [0.1, 0.15) is 0 Å². The van der Waals surface area contributed by atoms with E-state index in [2.05, 4.69) is 48.0 Å². The normalized spacial score (nSPS) is 10.4. The highest BCUT2D eigenvalue weighted by Crippen LogP contribution is 2.18. The molecule has 0 N–H and O–H groups in total. The van der Waals surface area contributed by atoms with Gasteiger partial charge < -0.3 is 4.90 Å². The smallest absolute Gasteiger partial charge is 0.182 e. The maximum Gasteiger partial charge on any atom is 0.182 e. The number of carbonyl (C=O) groups is 1. The number of benzene rings is 2. The molecule has 20 heavy (non-hydrogen) atoms. The van der Waals surface area contributed by atoms with Gasteiger partial charge >= 0.3 is 0 Å². The third-order valence-electron chi connectivity index (χ3n) is 3.19. The quantitative estimate of drug-likeness (QED) is 0.774. The highest BCUT2D eigenvalue weighted by Gasteiger charge is 2.10. The highest BCUT2D eigenvalue weighted by molar-refractivity contribution is 9.10. The van der Waals surface area contributed by atoms with Gasteiger partial charge in [-0.25, -0.2) is 0 Å². The van der Waals surface area contributed by atoms with Crippen molar-refractivity contribution in [3.63, 3.8) is 0 Å². The van der Waals surface area contributed by atoms with Crippen molar-refractivity contribution in [1.29, 1.82) is 0 Å². The highest BCUT2D eigenvalue weighted by atomic mass is 79.9. The minimum absolute atomic E-state index is 0.124. The molecule has 0 atom stereocenters. The summed E-state index contributed by atoms with van der Waals surface area (Å²) >= 11 is 3.38. The summed E-state index contributed by atoms with van der Waals surface area (Å²) < 4.78 is 0.983. The van der Waals surface area contributed by atoms with E-state index in [-0.39, 0.29) is 5.78 Å². The van der Waals surface area contributed by atoms with E-state index in [9.17, 15) is 4.79 Å². The number of hydrogen-bond acceptors (Lipinski definition) is 2. The van der Waals surface area contributed by atoms with E-state index in [4.69, 9.17) is 0 Å². The molecule has 0 aliphatic rings. The Balaban J connectivity index is 2.12. The number of likely N-dealkylation sites (N-methyl/N-ethyl adjacent to an activating group) is 1. The molecule has 3 heteroatoms. The average molecular weight is 332 g/mol. The van der Waals surface area contributed by atoms with Crippen LogP contribution in [0.15, 0.2) is 46.9 Å². The summed E-state index contributed by atoms with van der Waals surface area (Å²) in [7, 11) is 1.95. The first kappa shape index (κ1) is 14.8. The molecule has 104 valence electrons. The molecular formula is C17H18BrNO. The number of halogens is 1. The standard InChI is InChI=1S/C17H18BrNO/c1-12-8-13(2)10-16(9-12)19(3)11-17(20)14-4-6-15(18)7-5-14/h4-10H,11H2,1-3H3. The molecule has 0 radical (unpaired) electrons. The molecule has 0 unspecified atom stereocenters. The molecule has 0 aliphatic carbocycles.